The predicted octanol–water partition coefficient (Wildman–Crippen LogP) is 3.36. The Balaban J connectivity index is 2.20. The molecule has 116 valence electrons. The first-order valence-corrected chi connectivity index (χ1v) is 7.24. The van der Waals surface area contributed by atoms with Crippen LogP contribution < -0.4 is 10.1 Å². The summed E-state index contributed by atoms with van der Waals surface area (Å²) in [5, 5.41) is 14.6. The maximum atomic E-state index is 11.4. The molecule has 1 fully saturated rings. The van der Waals surface area contributed by atoms with Gasteiger partial charge in [-0.25, -0.2) is 0 Å². The second-order valence-electron chi connectivity index (χ2n) is 5.59. The number of hydrogen-bond donors (Lipinski definition) is 1. The van der Waals surface area contributed by atoms with Crippen LogP contribution in [0, 0.1) is 10.1 Å². The monoisotopic (exact) mass is 294 g/mol. The van der Waals surface area contributed by atoms with Gasteiger partial charge in [0.05, 0.1) is 17.1 Å². The molecule has 2 atom stereocenters. The fraction of sp³-hybridized carbons (Fsp3) is 0.600. The van der Waals surface area contributed by atoms with E-state index in [0.29, 0.717) is 11.4 Å². The molecule has 1 aromatic carbocycles. The first kappa shape index (κ1) is 15.6. The molecule has 0 aromatic heterocycles. The maximum Gasteiger partial charge on any atom is 0.333 e. The number of hydrogen-bond acceptors (Lipinski definition) is 5. The van der Waals surface area contributed by atoms with E-state index in [0.717, 1.165) is 19.3 Å². The molecule has 0 heterocycles. The summed E-state index contributed by atoms with van der Waals surface area (Å²) in [5.41, 5.74) is 0.520. The van der Waals surface area contributed by atoms with Crippen LogP contribution in [0.4, 0.5) is 11.4 Å². The molecule has 0 saturated heterocycles. The Hall–Kier alpha value is -1.82. The number of nitro groups is 1. The summed E-state index contributed by atoms with van der Waals surface area (Å²) < 4.78 is 10.9. The highest BCUT2D eigenvalue weighted by Gasteiger charge is 2.28. The van der Waals surface area contributed by atoms with Crippen molar-refractivity contribution in [3.63, 3.8) is 0 Å². The van der Waals surface area contributed by atoms with Crippen molar-refractivity contribution >= 4 is 11.4 Å². The summed E-state index contributed by atoms with van der Waals surface area (Å²) in [6.45, 7) is 3.70. The van der Waals surface area contributed by atoms with Gasteiger partial charge in [-0.3, -0.25) is 10.1 Å². The minimum absolute atomic E-state index is 0.00654. The standard InChI is InChI=1S/C15H22N2O4/c1-10(2)21-14-6-4-5-13(15(14)17(18)19)16-11-7-8-12(9-11)20-3/h4-6,10-12,16H,7-9H2,1-3H3. The Morgan fingerprint density at radius 3 is 2.71 bits per heavy atom. The Morgan fingerprint density at radius 1 is 1.38 bits per heavy atom. The molecule has 2 unspecified atom stereocenters. The Labute approximate surface area is 124 Å². The van der Waals surface area contributed by atoms with Crippen molar-refractivity contribution in [2.24, 2.45) is 0 Å². The van der Waals surface area contributed by atoms with E-state index in [2.05, 4.69) is 5.32 Å². The van der Waals surface area contributed by atoms with Crippen molar-refractivity contribution in [3.8, 4) is 5.75 Å². The van der Waals surface area contributed by atoms with Crippen LogP contribution in [0.3, 0.4) is 0 Å². The summed E-state index contributed by atoms with van der Waals surface area (Å²) in [6.07, 6.45) is 2.91. The third-order valence-corrected chi connectivity index (χ3v) is 3.62. The van der Waals surface area contributed by atoms with E-state index in [-0.39, 0.29) is 28.9 Å². The molecule has 2 rings (SSSR count). The zero-order valence-corrected chi connectivity index (χ0v) is 12.7. The van der Waals surface area contributed by atoms with Crippen LogP contribution in [0.1, 0.15) is 33.1 Å². The van der Waals surface area contributed by atoms with Crippen LogP contribution in [-0.2, 0) is 4.74 Å². The summed E-state index contributed by atoms with van der Waals surface area (Å²) in [5.74, 6) is 0.307. The van der Waals surface area contributed by atoms with Crippen molar-refractivity contribution in [2.45, 2.75) is 51.4 Å². The van der Waals surface area contributed by atoms with Gasteiger partial charge in [-0.05, 0) is 45.2 Å². The molecule has 0 aliphatic heterocycles. The van der Waals surface area contributed by atoms with Crippen molar-refractivity contribution < 1.29 is 14.4 Å². The minimum atomic E-state index is -0.386. The largest absolute Gasteiger partial charge is 0.484 e. The third-order valence-electron chi connectivity index (χ3n) is 3.62. The molecule has 1 aliphatic carbocycles. The minimum Gasteiger partial charge on any atom is -0.484 e. The van der Waals surface area contributed by atoms with Crippen molar-refractivity contribution in [1.82, 2.24) is 0 Å². The number of benzene rings is 1. The number of nitrogens with one attached hydrogen (secondary N) is 1. The van der Waals surface area contributed by atoms with E-state index in [4.69, 9.17) is 9.47 Å². The van der Waals surface area contributed by atoms with Crippen molar-refractivity contribution in [1.29, 1.82) is 0 Å². The molecule has 1 aliphatic rings. The fourth-order valence-corrected chi connectivity index (χ4v) is 2.68. The summed E-state index contributed by atoms with van der Waals surface area (Å²) in [6, 6.07) is 5.33. The Bertz CT molecular complexity index is 504. The molecule has 21 heavy (non-hydrogen) atoms. The molecule has 1 saturated carbocycles. The molecule has 1 aromatic rings. The number of ether oxygens (including phenoxy) is 2. The molecule has 0 amide bonds. The highest BCUT2D eigenvalue weighted by atomic mass is 16.6. The van der Waals surface area contributed by atoms with Crippen LogP contribution in [0.15, 0.2) is 18.2 Å². The van der Waals surface area contributed by atoms with Gasteiger partial charge in [-0.15, -0.1) is 0 Å². The number of nitrogens with zero attached hydrogens (tertiary/aromatic N) is 1. The van der Waals surface area contributed by atoms with E-state index >= 15 is 0 Å². The second kappa shape index (κ2) is 6.76. The van der Waals surface area contributed by atoms with Crippen LogP contribution in [0.2, 0.25) is 0 Å². The smallest absolute Gasteiger partial charge is 0.333 e. The number of anilines is 1. The quantitative estimate of drug-likeness (QED) is 0.643. The third kappa shape index (κ3) is 3.85. The van der Waals surface area contributed by atoms with Gasteiger partial charge in [-0.1, -0.05) is 6.07 Å². The number of nitro benzene ring substituents is 1. The molecule has 0 bridgehead atoms. The molecule has 6 nitrogen and oxygen atoms in total. The van der Waals surface area contributed by atoms with Crippen LogP contribution in [-0.4, -0.2) is 30.3 Å². The van der Waals surface area contributed by atoms with Gasteiger partial charge in [0.25, 0.3) is 0 Å². The molecule has 6 heteroatoms. The van der Waals surface area contributed by atoms with E-state index in [1.807, 2.05) is 13.8 Å². The van der Waals surface area contributed by atoms with Crippen molar-refractivity contribution in [3.05, 3.63) is 28.3 Å². The summed E-state index contributed by atoms with van der Waals surface area (Å²) >= 11 is 0. The SMILES string of the molecule is COC1CCC(Nc2cccc(OC(C)C)c2[N+](=O)[O-])C1. The number of rotatable bonds is 6. The van der Waals surface area contributed by atoms with E-state index < -0.39 is 0 Å². The van der Waals surface area contributed by atoms with Gasteiger partial charge in [0.2, 0.25) is 0 Å². The maximum absolute atomic E-state index is 11.4. The molecule has 0 radical (unpaired) electrons. The van der Waals surface area contributed by atoms with Crippen LogP contribution in [0.5, 0.6) is 5.75 Å². The van der Waals surface area contributed by atoms with Gasteiger partial charge in [0.15, 0.2) is 5.75 Å². The average molecular weight is 294 g/mol. The number of para-hydroxylation sites is 1. The van der Waals surface area contributed by atoms with Crippen LogP contribution in [0.25, 0.3) is 0 Å². The average Bonchev–Trinajstić information content (AvgIpc) is 2.85. The summed E-state index contributed by atoms with van der Waals surface area (Å²) in [4.78, 5) is 11.0. The molecular weight excluding hydrogens is 272 g/mol. The predicted molar refractivity (Wildman–Crippen MR) is 80.9 cm³/mol. The Kier molecular flexibility index (Phi) is 5.01. The lowest BCUT2D eigenvalue weighted by Crippen LogP contribution is -2.18. The van der Waals surface area contributed by atoms with E-state index in [1.54, 1.807) is 25.3 Å². The molecular formula is C15H22N2O4. The first-order chi connectivity index (χ1) is 10.0. The second-order valence-corrected chi connectivity index (χ2v) is 5.59. The normalized spacial score (nSPS) is 21.5. The van der Waals surface area contributed by atoms with Gasteiger partial charge < -0.3 is 14.8 Å². The fourth-order valence-electron chi connectivity index (χ4n) is 2.68. The van der Waals surface area contributed by atoms with Crippen molar-refractivity contribution in [2.75, 3.05) is 12.4 Å². The van der Waals surface area contributed by atoms with E-state index in [1.165, 1.54) is 0 Å². The van der Waals surface area contributed by atoms with Gasteiger partial charge in [-0.2, -0.15) is 0 Å². The number of methoxy groups -OCH3 is 1. The highest BCUT2D eigenvalue weighted by molar-refractivity contribution is 5.68. The zero-order chi connectivity index (χ0) is 15.4. The topological polar surface area (TPSA) is 73.6 Å². The lowest BCUT2D eigenvalue weighted by Gasteiger charge is -2.16. The van der Waals surface area contributed by atoms with Gasteiger partial charge >= 0.3 is 5.69 Å². The summed E-state index contributed by atoms with van der Waals surface area (Å²) in [7, 11) is 1.70. The van der Waals surface area contributed by atoms with Gasteiger partial charge in [0, 0.05) is 13.2 Å². The lowest BCUT2D eigenvalue weighted by molar-refractivity contribution is -0.385. The lowest BCUT2D eigenvalue weighted by atomic mass is 10.2. The zero-order valence-electron chi connectivity index (χ0n) is 12.7. The van der Waals surface area contributed by atoms with E-state index in [9.17, 15) is 10.1 Å². The molecule has 0 spiro atoms. The Morgan fingerprint density at radius 2 is 2.14 bits per heavy atom. The molecule has 1 N–H and O–H groups in total. The van der Waals surface area contributed by atoms with Crippen LogP contribution >= 0.6 is 0 Å². The first-order valence-electron chi connectivity index (χ1n) is 7.24. The highest BCUT2D eigenvalue weighted by Crippen LogP contribution is 2.37. The van der Waals surface area contributed by atoms with Gasteiger partial charge in [0.1, 0.15) is 5.69 Å².